The number of urea groups is 1. The van der Waals surface area contributed by atoms with Crippen molar-refractivity contribution in [2.24, 2.45) is 0 Å². The standard InChI is InChI=1S/C19H27N3O3/c1-14-13-16(25-2)8-11-22(14)19(24)20-9-12-21-10-7-15-5-3-4-6-17(15)18(21)23/h3-6,14,16H,7-13H2,1-2H3,(H,20,24)/t14-,16+/m1/s1. The van der Waals surface area contributed by atoms with E-state index in [1.165, 1.54) is 0 Å². The van der Waals surface area contributed by atoms with Crippen LogP contribution in [0.5, 0.6) is 0 Å². The molecule has 1 saturated heterocycles. The second kappa shape index (κ2) is 7.87. The second-order valence-corrected chi connectivity index (χ2v) is 6.86. The summed E-state index contributed by atoms with van der Waals surface area (Å²) in [5.74, 6) is 0.0605. The van der Waals surface area contributed by atoms with E-state index in [-0.39, 0.29) is 24.1 Å². The van der Waals surface area contributed by atoms with Crippen molar-refractivity contribution in [2.45, 2.75) is 38.3 Å². The van der Waals surface area contributed by atoms with Crippen molar-refractivity contribution in [1.29, 1.82) is 0 Å². The van der Waals surface area contributed by atoms with Crippen LogP contribution in [0.15, 0.2) is 24.3 Å². The van der Waals surface area contributed by atoms with Gasteiger partial charge in [-0.15, -0.1) is 0 Å². The van der Waals surface area contributed by atoms with Crippen LogP contribution in [-0.4, -0.2) is 67.2 Å². The monoisotopic (exact) mass is 345 g/mol. The van der Waals surface area contributed by atoms with Crippen LogP contribution in [-0.2, 0) is 11.2 Å². The molecule has 0 aromatic heterocycles. The first kappa shape index (κ1) is 17.7. The lowest BCUT2D eigenvalue weighted by Gasteiger charge is -2.37. The summed E-state index contributed by atoms with van der Waals surface area (Å²) in [5.41, 5.74) is 1.90. The number of amides is 3. The fraction of sp³-hybridized carbons (Fsp3) is 0.579. The molecule has 0 spiro atoms. The van der Waals surface area contributed by atoms with E-state index in [1.807, 2.05) is 34.1 Å². The van der Waals surface area contributed by atoms with E-state index in [2.05, 4.69) is 12.2 Å². The largest absolute Gasteiger partial charge is 0.381 e. The minimum absolute atomic E-state index is 0.0492. The van der Waals surface area contributed by atoms with Gasteiger partial charge in [-0.3, -0.25) is 4.79 Å². The highest BCUT2D eigenvalue weighted by Crippen LogP contribution is 2.20. The van der Waals surface area contributed by atoms with Crippen LogP contribution in [0.3, 0.4) is 0 Å². The van der Waals surface area contributed by atoms with Crippen molar-refractivity contribution in [3.63, 3.8) is 0 Å². The molecule has 0 aliphatic carbocycles. The molecule has 136 valence electrons. The summed E-state index contributed by atoms with van der Waals surface area (Å²) in [6.45, 7) is 4.49. The van der Waals surface area contributed by atoms with Gasteiger partial charge in [0.1, 0.15) is 0 Å². The highest BCUT2D eigenvalue weighted by atomic mass is 16.5. The first-order valence-corrected chi connectivity index (χ1v) is 9.04. The van der Waals surface area contributed by atoms with E-state index in [4.69, 9.17) is 4.74 Å². The molecule has 0 radical (unpaired) electrons. The van der Waals surface area contributed by atoms with Gasteiger partial charge >= 0.3 is 6.03 Å². The average molecular weight is 345 g/mol. The first-order valence-electron chi connectivity index (χ1n) is 9.04. The molecule has 1 aromatic carbocycles. The topological polar surface area (TPSA) is 61.9 Å². The highest BCUT2D eigenvalue weighted by Gasteiger charge is 2.29. The molecule has 0 saturated carbocycles. The summed E-state index contributed by atoms with van der Waals surface area (Å²) in [4.78, 5) is 28.6. The van der Waals surface area contributed by atoms with Crippen LogP contribution < -0.4 is 5.32 Å². The SMILES string of the molecule is CO[C@H]1CCN(C(=O)NCCN2CCc3ccccc3C2=O)[C@H](C)C1. The highest BCUT2D eigenvalue weighted by molar-refractivity contribution is 5.96. The summed E-state index contributed by atoms with van der Waals surface area (Å²) in [6, 6.07) is 7.87. The number of benzene rings is 1. The number of methoxy groups -OCH3 is 1. The predicted octanol–water partition coefficient (Wildman–Crippen LogP) is 1.89. The maximum atomic E-state index is 12.5. The number of nitrogens with one attached hydrogen (secondary N) is 1. The molecule has 2 aliphatic heterocycles. The Kier molecular flexibility index (Phi) is 5.58. The lowest BCUT2D eigenvalue weighted by atomic mass is 9.99. The van der Waals surface area contributed by atoms with Gasteiger partial charge in [-0.2, -0.15) is 0 Å². The first-order chi connectivity index (χ1) is 12.1. The van der Waals surface area contributed by atoms with Gasteiger partial charge in [-0.1, -0.05) is 18.2 Å². The number of rotatable bonds is 4. The Bertz CT molecular complexity index is 634. The number of ether oxygens (including phenoxy) is 1. The molecule has 6 heteroatoms. The Hall–Kier alpha value is -2.08. The molecule has 25 heavy (non-hydrogen) atoms. The van der Waals surface area contributed by atoms with Crippen molar-refractivity contribution in [1.82, 2.24) is 15.1 Å². The zero-order valence-electron chi connectivity index (χ0n) is 15.0. The van der Waals surface area contributed by atoms with E-state index in [0.717, 1.165) is 30.4 Å². The summed E-state index contributed by atoms with van der Waals surface area (Å²) in [5, 5.41) is 2.96. The molecular weight excluding hydrogens is 318 g/mol. The summed E-state index contributed by atoms with van der Waals surface area (Å²) in [7, 11) is 1.72. The molecule has 2 heterocycles. The lowest BCUT2D eigenvalue weighted by molar-refractivity contribution is 0.0292. The number of piperidine rings is 1. The summed E-state index contributed by atoms with van der Waals surface area (Å²) >= 11 is 0. The normalized spacial score (nSPS) is 23.4. The third-order valence-corrected chi connectivity index (χ3v) is 5.27. The number of hydrogen-bond donors (Lipinski definition) is 1. The second-order valence-electron chi connectivity index (χ2n) is 6.86. The van der Waals surface area contributed by atoms with Gasteiger partial charge in [0.15, 0.2) is 0 Å². The van der Waals surface area contributed by atoms with E-state index < -0.39 is 0 Å². The maximum absolute atomic E-state index is 12.5. The predicted molar refractivity (Wildman–Crippen MR) is 95.6 cm³/mol. The fourth-order valence-electron chi connectivity index (χ4n) is 3.73. The van der Waals surface area contributed by atoms with E-state index in [0.29, 0.717) is 26.2 Å². The average Bonchev–Trinajstić information content (AvgIpc) is 2.63. The van der Waals surface area contributed by atoms with Gasteiger partial charge in [0.2, 0.25) is 0 Å². The number of carbonyl (C=O) groups is 2. The maximum Gasteiger partial charge on any atom is 0.317 e. The Balaban J connectivity index is 1.47. The van der Waals surface area contributed by atoms with Crippen LogP contribution in [0, 0.1) is 0 Å². The van der Waals surface area contributed by atoms with Crippen molar-refractivity contribution < 1.29 is 14.3 Å². The molecule has 1 N–H and O–H groups in total. The van der Waals surface area contributed by atoms with Crippen LogP contribution >= 0.6 is 0 Å². The molecule has 1 fully saturated rings. The Labute approximate surface area is 149 Å². The number of likely N-dealkylation sites (tertiary alicyclic amines) is 1. The van der Waals surface area contributed by atoms with Gasteiger partial charge < -0.3 is 19.9 Å². The van der Waals surface area contributed by atoms with E-state index in [1.54, 1.807) is 7.11 Å². The smallest absolute Gasteiger partial charge is 0.317 e. The zero-order chi connectivity index (χ0) is 17.8. The van der Waals surface area contributed by atoms with Crippen molar-refractivity contribution in [2.75, 3.05) is 33.3 Å². The molecular formula is C19H27N3O3. The number of hydrogen-bond acceptors (Lipinski definition) is 3. The summed E-state index contributed by atoms with van der Waals surface area (Å²) < 4.78 is 5.39. The third kappa shape index (κ3) is 3.95. The van der Waals surface area contributed by atoms with Crippen molar-refractivity contribution in [3.05, 3.63) is 35.4 Å². The molecule has 3 rings (SSSR count). The number of carbonyl (C=O) groups excluding carboxylic acids is 2. The van der Waals surface area contributed by atoms with Crippen LogP contribution in [0.1, 0.15) is 35.7 Å². The molecule has 0 unspecified atom stereocenters. The number of fused-ring (bicyclic) bond motifs is 1. The van der Waals surface area contributed by atoms with E-state index in [9.17, 15) is 9.59 Å². The van der Waals surface area contributed by atoms with Crippen LogP contribution in [0.25, 0.3) is 0 Å². The molecule has 1 aromatic rings. The van der Waals surface area contributed by atoms with E-state index >= 15 is 0 Å². The Morgan fingerprint density at radius 1 is 1.32 bits per heavy atom. The van der Waals surface area contributed by atoms with Gasteiger partial charge in [-0.25, -0.2) is 4.79 Å². The van der Waals surface area contributed by atoms with Crippen molar-refractivity contribution in [3.8, 4) is 0 Å². The molecule has 3 amide bonds. The molecule has 0 bridgehead atoms. The Morgan fingerprint density at radius 3 is 2.88 bits per heavy atom. The van der Waals surface area contributed by atoms with Crippen LogP contribution in [0.2, 0.25) is 0 Å². The Morgan fingerprint density at radius 2 is 2.12 bits per heavy atom. The quantitative estimate of drug-likeness (QED) is 0.906. The van der Waals surface area contributed by atoms with Gasteiger partial charge in [0.05, 0.1) is 6.10 Å². The molecule has 6 nitrogen and oxygen atoms in total. The van der Waals surface area contributed by atoms with Gasteiger partial charge in [-0.05, 0) is 37.8 Å². The summed E-state index contributed by atoms with van der Waals surface area (Å²) in [6.07, 6.45) is 2.85. The van der Waals surface area contributed by atoms with Crippen molar-refractivity contribution >= 4 is 11.9 Å². The van der Waals surface area contributed by atoms with Gasteiger partial charge in [0.25, 0.3) is 5.91 Å². The minimum atomic E-state index is -0.0492. The number of nitrogens with zero attached hydrogens (tertiary/aromatic N) is 2. The lowest BCUT2D eigenvalue weighted by Crippen LogP contribution is -2.52. The van der Waals surface area contributed by atoms with Gasteiger partial charge in [0, 0.05) is 44.9 Å². The third-order valence-electron chi connectivity index (χ3n) is 5.27. The zero-order valence-corrected chi connectivity index (χ0v) is 15.0. The molecule has 2 atom stereocenters. The van der Waals surface area contributed by atoms with Crippen LogP contribution in [0.4, 0.5) is 4.79 Å². The minimum Gasteiger partial charge on any atom is -0.381 e. The fourth-order valence-corrected chi connectivity index (χ4v) is 3.73. The molecule has 2 aliphatic rings.